The number of benzene rings is 4. The molecule has 0 unspecified atom stereocenters. The minimum absolute atomic E-state index is 0.0385. The summed E-state index contributed by atoms with van der Waals surface area (Å²) in [7, 11) is -4.23. The van der Waals surface area contributed by atoms with E-state index in [1.165, 1.54) is 17.0 Å². The predicted molar refractivity (Wildman–Crippen MR) is 188 cm³/mol. The van der Waals surface area contributed by atoms with Crippen LogP contribution in [0.1, 0.15) is 43.7 Å². The van der Waals surface area contributed by atoms with Crippen LogP contribution in [-0.2, 0) is 32.6 Å². The normalized spacial score (nSPS) is 13.9. The molecule has 1 saturated carbocycles. The molecule has 10 heteroatoms. The zero-order chi connectivity index (χ0) is 33.2. The number of para-hydroxylation sites is 2. The molecule has 1 fully saturated rings. The summed E-state index contributed by atoms with van der Waals surface area (Å²) in [5.41, 5.74) is 1.93. The van der Waals surface area contributed by atoms with Crippen LogP contribution < -0.4 is 14.4 Å². The lowest BCUT2D eigenvalue weighted by Gasteiger charge is -2.34. The number of halogens is 1. The van der Waals surface area contributed by atoms with Gasteiger partial charge in [-0.15, -0.1) is 0 Å². The van der Waals surface area contributed by atoms with Gasteiger partial charge in [0.25, 0.3) is 10.0 Å². The summed E-state index contributed by atoms with van der Waals surface area (Å²) < 4.78 is 36.3. The second-order valence-corrected chi connectivity index (χ2v) is 14.4. The molecule has 0 radical (unpaired) electrons. The summed E-state index contributed by atoms with van der Waals surface area (Å²) in [6.45, 7) is 1.67. The quantitative estimate of drug-likeness (QED) is 0.156. The van der Waals surface area contributed by atoms with Gasteiger partial charge >= 0.3 is 0 Å². The van der Waals surface area contributed by atoms with E-state index in [4.69, 9.17) is 4.74 Å². The summed E-state index contributed by atoms with van der Waals surface area (Å²) in [4.78, 5) is 30.4. The maximum Gasteiger partial charge on any atom is 0.264 e. The molecule has 0 heterocycles. The van der Waals surface area contributed by atoms with Crippen molar-refractivity contribution in [1.82, 2.24) is 10.2 Å². The van der Waals surface area contributed by atoms with Gasteiger partial charge in [0, 0.05) is 23.5 Å². The summed E-state index contributed by atoms with van der Waals surface area (Å²) in [6, 6.07) is 31.1. The first-order valence-electron chi connectivity index (χ1n) is 15.9. The van der Waals surface area contributed by atoms with E-state index in [0.29, 0.717) is 12.4 Å². The molecule has 4 aromatic rings. The number of rotatable bonds is 14. The number of carbonyl (C=O) groups is 2. The standard InChI is InChI=1S/C37H40BrN3O5S/c1-2-46-35-23-12-11-22-33(35)41(47(44,45)32-20-7-4-8-21-32)27-36(42)40(26-29-16-13-17-30(38)24-29)34(25-28-14-5-3-6-15-28)37(43)39-31-18-9-10-19-31/h3-8,11-17,20-24,31,34H,2,9-10,18-19,25-27H2,1H3,(H,39,43)/t34-/m1/s1. The lowest BCUT2D eigenvalue weighted by Crippen LogP contribution is -2.54. The van der Waals surface area contributed by atoms with Crippen LogP contribution in [0.25, 0.3) is 0 Å². The van der Waals surface area contributed by atoms with E-state index in [1.807, 2.05) is 61.5 Å². The van der Waals surface area contributed by atoms with E-state index in [1.54, 1.807) is 42.5 Å². The molecule has 5 rings (SSSR count). The van der Waals surface area contributed by atoms with Gasteiger partial charge in [-0.05, 0) is 67.3 Å². The second kappa shape index (κ2) is 16.1. The van der Waals surface area contributed by atoms with Crippen LogP contribution in [-0.4, -0.2) is 50.4 Å². The first-order chi connectivity index (χ1) is 22.8. The van der Waals surface area contributed by atoms with E-state index < -0.39 is 28.5 Å². The van der Waals surface area contributed by atoms with Crippen molar-refractivity contribution in [2.24, 2.45) is 0 Å². The number of ether oxygens (including phenoxy) is 1. The Balaban J connectivity index is 1.59. The Morgan fingerprint density at radius 3 is 2.19 bits per heavy atom. The molecule has 0 spiro atoms. The number of nitrogens with one attached hydrogen (secondary N) is 1. The van der Waals surface area contributed by atoms with Gasteiger partial charge in [0.1, 0.15) is 18.3 Å². The van der Waals surface area contributed by atoms with Gasteiger partial charge in [0.15, 0.2) is 0 Å². The van der Waals surface area contributed by atoms with Crippen LogP contribution in [0.5, 0.6) is 5.75 Å². The number of hydrogen-bond donors (Lipinski definition) is 1. The first-order valence-corrected chi connectivity index (χ1v) is 18.2. The Morgan fingerprint density at radius 1 is 0.872 bits per heavy atom. The van der Waals surface area contributed by atoms with E-state index in [9.17, 15) is 18.0 Å². The van der Waals surface area contributed by atoms with Crippen molar-refractivity contribution in [2.75, 3.05) is 17.5 Å². The molecule has 0 saturated heterocycles. The molecule has 246 valence electrons. The predicted octanol–water partition coefficient (Wildman–Crippen LogP) is 6.74. The van der Waals surface area contributed by atoms with Crippen molar-refractivity contribution in [3.05, 3.63) is 125 Å². The fourth-order valence-corrected chi connectivity index (χ4v) is 7.82. The molecule has 0 aliphatic heterocycles. The lowest BCUT2D eigenvalue weighted by molar-refractivity contribution is -0.140. The number of hydrogen-bond acceptors (Lipinski definition) is 5. The van der Waals surface area contributed by atoms with Crippen molar-refractivity contribution < 1.29 is 22.7 Å². The van der Waals surface area contributed by atoms with Crippen molar-refractivity contribution in [3.8, 4) is 5.75 Å². The molecule has 47 heavy (non-hydrogen) atoms. The van der Waals surface area contributed by atoms with Gasteiger partial charge in [-0.2, -0.15) is 0 Å². The molecule has 1 aliphatic rings. The monoisotopic (exact) mass is 717 g/mol. The summed E-state index contributed by atoms with van der Waals surface area (Å²) >= 11 is 3.53. The van der Waals surface area contributed by atoms with Gasteiger partial charge in [-0.3, -0.25) is 13.9 Å². The zero-order valence-corrected chi connectivity index (χ0v) is 28.8. The second-order valence-electron chi connectivity index (χ2n) is 11.6. The van der Waals surface area contributed by atoms with E-state index in [-0.39, 0.29) is 35.5 Å². The molecule has 1 aliphatic carbocycles. The topological polar surface area (TPSA) is 96.0 Å². The van der Waals surface area contributed by atoms with Crippen LogP contribution >= 0.6 is 15.9 Å². The number of anilines is 1. The maximum absolute atomic E-state index is 14.7. The number of carbonyl (C=O) groups excluding carboxylic acids is 2. The molecule has 1 atom stereocenters. The first kappa shape index (κ1) is 34.2. The van der Waals surface area contributed by atoms with E-state index in [2.05, 4.69) is 21.2 Å². The van der Waals surface area contributed by atoms with Crippen LogP contribution in [0.4, 0.5) is 5.69 Å². The van der Waals surface area contributed by atoms with Crippen molar-refractivity contribution >= 4 is 43.5 Å². The molecule has 8 nitrogen and oxygen atoms in total. The third kappa shape index (κ3) is 8.81. The average Bonchev–Trinajstić information content (AvgIpc) is 3.59. The third-order valence-electron chi connectivity index (χ3n) is 8.26. The number of nitrogens with zero attached hydrogens (tertiary/aromatic N) is 2. The minimum atomic E-state index is -4.23. The largest absolute Gasteiger partial charge is 0.492 e. The number of sulfonamides is 1. The Labute approximate surface area is 285 Å². The Morgan fingerprint density at radius 2 is 1.51 bits per heavy atom. The van der Waals surface area contributed by atoms with Crippen LogP contribution in [0, 0.1) is 0 Å². The molecule has 0 bridgehead atoms. The molecular formula is C37H40BrN3O5S. The van der Waals surface area contributed by atoms with Crippen molar-refractivity contribution in [3.63, 3.8) is 0 Å². The SMILES string of the molecule is CCOc1ccccc1N(CC(=O)N(Cc1cccc(Br)c1)[C@H](Cc1ccccc1)C(=O)NC1CCCC1)S(=O)(=O)c1ccccc1. The van der Waals surface area contributed by atoms with Crippen LogP contribution in [0.3, 0.4) is 0 Å². The van der Waals surface area contributed by atoms with Gasteiger partial charge in [0.05, 0.1) is 17.2 Å². The smallest absolute Gasteiger partial charge is 0.264 e. The summed E-state index contributed by atoms with van der Waals surface area (Å²) in [5, 5.41) is 3.20. The Bertz CT molecular complexity index is 1750. The zero-order valence-electron chi connectivity index (χ0n) is 26.4. The average molecular weight is 719 g/mol. The van der Waals surface area contributed by atoms with E-state index in [0.717, 1.165) is 45.6 Å². The lowest BCUT2D eigenvalue weighted by atomic mass is 10.0. The van der Waals surface area contributed by atoms with Crippen molar-refractivity contribution in [1.29, 1.82) is 0 Å². The Hall–Kier alpha value is -4.15. The van der Waals surface area contributed by atoms with Gasteiger partial charge in [0.2, 0.25) is 11.8 Å². The fourth-order valence-electron chi connectivity index (χ4n) is 5.93. The molecule has 1 N–H and O–H groups in total. The fraction of sp³-hybridized carbons (Fsp3) is 0.297. The van der Waals surface area contributed by atoms with Crippen molar-refractivity contribution in [2.45, 2.75) is 62.6 Å². The number of amides is 2. The third-order valence-corrected chi connectivity index (χ3v) is 10.5. The highest BCUT2D eigenvalue weighted by molar-refractivity contribution is 9.10. The highest BCUT2D eigenvalue weighted by Crippen LogP contribution is 2.33. The highest BCUT2D eigenvalue weighted by atomic mass is 79.9. The van der Waals surface area contributed by atoms with E-state index >= 15 is 0 Å². The van der Waals surface area contributed by atoms with Crippen LogP contribution in [0.15, 0.2) is 119 Å². The van der Waals surface area contributed by atoms with Gasteiger partial charge in [-0.25, -0.2) is 8.42 Å². The Kier molecular flexibility index (Phi) is 11.7. The summed E-state index contributed by atoms with van der Waals surface area (Å²) in [6.07, 6.45) is 4.13. The van der Waals surface area contributed by atoms with Gasteiger partial charge < -0.3 is 15.0 Å². The van der Waals surface area contributed by atoms with Gasteiger partial charge in [-0.1, -0.05) is 102 Å². The summed E-state index contributed by atoms with van der Waals surface area (Å²) in [5.74, 6) is -0.435. The maximum atomic E-state index is 14.7. The molecule has 2 amide bonds. The molecular weight excluding hydrogens is 678 g/mol. The highest BCUT2D eigenvalue weighted by Gasteiger charge is 2.36. The van der Waals surface area contributed by atoms with Crippen LogP contribution in [0.2, 0.25) is 0 Å². The minimum Gasteiger partial charge on any atom is -0.492 e. The molecule has 4 aromatic carbocycles. The molecule has 0 aromatic heterocycles.